The third-order valence-corrected chi connectivity index (χ3v) is 4.34. The number of aryl methyl sites for hydroxylation is 1. The normalized spacial score (nSPS) is 11.4. The number of sulfonamides is 1. The monoisotopic (exact) mass is 312 g/mol. The maximum Gasteiger partial charge on any atom is 0.262 e. The quantitative estimate of drug-likeness (QED) is 0.853. The number of halogens is 2. The Labute approximate surface area is 121 Å². The third-order valence-electron chi connectivity index (χ3n) is 2.88. The number of rotatable bonds is 4. The average Bonchev–Trinajstić information content (AvgIpc) is 2.36. The van der Waals surface area contributed by atoms with Gasteiger partial charge in [-0.3, -0.25) is 4.72 Å². The first-order valence-corrected chi connectivity index (χ1v) is 7.67. The molecule has 2 rings (SSSR count). The van der Waals surface area contributed by atoms with E-state index in [0.29, 0.717) is 18.1 Å². The first kappa shape index (κ1) is 15.2. The summed E-state index contributed by atoms with van der Waals surface area (Å²) in [5.41, 5.74) is 6.28. The molecular formula is C14H14F2N2O2S. The van der Waals surface area contributed by atoms with Gasteiger partial charge in [-0.2, -0.15) is 0 Å². The standard InChI is InChI=1S/C14H14F2N2O2S/c1-2-9-3-4-12(17)8-14(9)21(19,20)18-13-6-10(15)5-11(16)7-13/h3-8,18H,2,17H2,1H3. The molecule has 0 aromatic heterocycles. The molecule has 2 aromatic rings. The Morgan fingerprint density at radius 1 is 1.10 bits per heavy atom. The van der Waals surface area contributed by atoms with Crippen LogP contribution in [0.3, 0.4) is 0 Å². The van der Waals surface area contributed by atoms with E-state index in [1.165, 1.54) is 6.07 Å². The Morgan fingerprint density at radius 3 is 2.29 bits per heavy atom. The van der Waals surface area contributed by atoms with Crippen molar-refractivity contribution in [2.75, 3.05) is 10.5 Å². The zero-order valence-electron chi connectivity index (χ0n) is 11.2. The van der Waals surface area contributed by atoms with Crippen molar-refractivity contribution in [1.29, 1.82) is 0 Å². The van der Waals surface area contributed by atoms with Crippen LogP contribution >= 0.6 is 0 Å². The second-order valence-electron chi connectivity index (χ2n) is 4.48. The van der Waals surface area contributed by atoms with Crippen LogP contribution in [0.2, 0.25) is 0 Å². The Bertz CT molecular complexity index is 756. The summed E-state index contributed by atoms with van der Waals surface area (Å²) in [5, 5.41) is 0. The number of nitrogens with one attached hydrogen (secondary N) is 1. The van der Waals surface area contributed by atoms with Crippen molar-refractivity contribution in [1.82, 2.24) is 0 Å². The number of hydrogen-bond donors (Lipinski definition) is 2. The van der Waals surface area contributed by atoms with E-state index in [1.807, 2.05) is 0 Å². The summed E-state index contributed by atoms with van der Waals surface area (Å²) in [5.74, 6) is -1.73. The predicted octanol–water partition coefficient (Wildman–Crippen LogP) is 2.91. The first-order valence-electron chi connectivity index (χ1n) is 6.19. The molecule has 0 heterocycles. The minimum absolute atomic E-state index is 0.00494. The molecule has 7 heteroatoms. The fourth-order valence-corrected chi connectivity index (χ4v) is 3.32. The van der Waals surface area contributed by atoms with Gasteiger partial charge in [0, 0.05) is 11.8 Å². The molecule has 0 amide bonds. The highest BCUT2D eigenvalue weighted by Crippen LogP contribution is 2.23. The van der Waals surface area contributed by atoms with Crippen LogP contribution in [0.25, 0.3) is 0 Å². The SMILES string of the molecule is CCc1ccc(N)cc1S(=O)(=O)Nc1cc(F)cc(F)c1. The van der Waals surface area contributed by atoms with Crippen LogP contribution in [-0.4, -0.2) is 8.42 Å². The van der Waals surface area contributed by atoms with Gasteiger partial charge in [0.1, 0.15) is 11.6 Å². The van der Waals surface area contributed by atoms with Gasteiger partial charge < -0.3 is 5.73 Å². The molecule has 0 spiro atoms. The number of nitrogen functional groups attached to an aromatic ring is 1. The summed E-state index contributed by atoms with van der Waals surface area (Å²) in [7, 11) is -3.98. The Morgan fingerprint density at radius 2 is 1.71 bits per heavy atom. The van der Waals surface area contributed by atoms with Crippen molar-refractivity contribution in [2.45, 2.75) is 18.2 Å². The number of hydrogen-bond acceptors (Lipinski definition) is 3. The van der Waals surface area contributed by atoms with E-state index < -0.39 is 21.7 Å². The largest absolute Gasteiger partial charge is 0.399 e. The van der Waals surface area contributed by atoms with Gasteiger partial charge in [-0.05, 0) is 36.2 Å². The highest BCUT2D eigenvalue weighted by Gasteiger charge is 2.19. The van der Waals surface area contributed by atoms with E-state index in [-0.39, 0.29) is 16.3 Å². The maximum atomic E-state index is 13.1. The Hall–Kier alpha value is -2.15. The fraction of sp³-hybridized carbons (Fsp3) is 0.143. The van der Waals surface area contributed by atoms with Gasteiger partial charge in [0.15, 0.2) is 0 Å². The van der Waals surface area contributed by atoms with E-state index >= 15 is 0 Å². The number of benzene rings is 2. The van der Waals surface area contributed by atoms with E-state index in [4.69, 9.17) is 5.73 Å². The second-order valence-corrected chi connectivity index (χ2v) is 6.14. The molecule has 0 bridgehead atoms. The van der Waals surface area contributed by atoms with E-state index in [2.05, 4.69) is 4.72 Å². The number of anilines is 2. The van der Waals surface area contributed by atoms with Crippen LogP contribution in [-0.2, 0) is 16.4 Å². The maximum absolute atomic E-state index is 13.1. The number of nitrogens with two attached hydrogens (primary N) is 1. The summed E-state index contributed by atoms with van der Waals surface area (Å²) < 4.78 is 53.1. The molecule has 0 aliphatic rings. The molecule has 0 unspecified atom stereocenters. The van der Waals surface area contributed by atoms with Crippen molar-refractivity contribution >= 4 is 21.4 Å². The summed E-state index contributed by atoms with van der Waals surface area (Å²) in [6, 6.07) is 6.99. The summed E-state index contributed by atoms with van der Waals surface area (Å²) >= 11 is 0. The molecule has 4 nitrogen and oxygen atoms in total. The predicted molar refractivity (Wildman–Crippen MR) is 77.4 cm³/mol. The van der Waals surface area contributed by atoms with Crippen molar-refractivity contribution < 1.29 is 17.2 Å². The fourth-order valence-electron chi connectivity index (χ4n) is 1.94. The molecule has 0 aliphatic carbocycles. The van der Waals surface area contributed by atoms with Crippen molar-refractivity contribution in [3.63, 3.8) is 0 Å². The highest BCUT2D eigenvalue weighted by atomic mass is 32.2. The summed E-state index contributed by atoms with van der Waals surface area (Å²) in [6.45, 7) is 1.80. The van der Waals surface area contributed by atoms with E-state index in [9.17, 15) is 17.2 Å². The smallest absolute Gasteiger partial charge is 0.262 e. The van der Waals surface area contributed by atoms with Crippen LogP contribution in [0.5, 0.6) is 0 Å². The average molecular weight is 312 g/mol. The molecule has 0 atom stereocenters. The lowest BCUT2D eigenvalue weighted by molar-refractivity contribution is 0.584. The van der Waals surface area contributed by atoms with Crippen molar-refractivity contribution in [3.8, 4) is 0 Å². The lowest BCUT2D eigenvalue weighted by Gasteiger charge is -2.12. The zero-order chi connectivity index (χ0) is 15.6. The molecule has 0 fully saturated rings. The van der Waals surface area contributed by atoms with E-state index in [0.717, 1.165) is 12.1 Å². The first-order chi connectivity index (χ1) is 9.81. The summed E-state index contributed by atoms with van der Waals surface area (Å²) in [6.07, 6.45) is 0.480. The van der Waals surface area contributed by atoms with Gasteiger partial charge in [0.05, 0.1) is 10.6 Å². The Balaban J connectivity index is 2.45. The third kappa shape index (κ3) is 3.49. The molecule has 0 radical (unpaired) electrons. The molecule has 0 aliphatic heterocycles. The molecule has 2 aromatic carbocycles. The van der Waals surface area contributed by atoms with Crippen LogP contribution in [0.4, 0.5) is 20.2 Å². The van der Waals surface area contributed by atoms with Gasteiger partial charge in [-0.15, -0.1) is 0 Å². The van der Waals surface area contributed by atoms with Crippen molar-refractivity contribution in [3.05, 3.63) is 53.6 Å². The molecule has 0 saturated heterocycles. The minimum atomic E-state index is -3.98. The summed E-state index contributed by atoms with van der Waals surface area (Å²) in [4.78, 5) is -0.00494. The van der Waals surface area contributed by atoms with Gasteiger partial charge in [0.2, 0.25) is 0 Å². The molecule has 112 valence electrons. The molecule has 3 N–H and O–H groups in total. The van der Waals surface area contributed by atoms with Crippen LogP contribution in [0.15, 0.2) is 41.3 Å². The van der Waals surface area contributed by atoms with Crippen molar-refractivity contribution in [2.24, 2.45) is 0 Å². The van der Waals surface area contributed by atoms with E-state index in [1.54, 1.807) is 19.1 Å². The van der Waals surface area contributed by atoms with Crippen LogP contribution < -0.4 is 10.5 Å². The van der Waals surface area contributed by atoms with Crippen LogP contribution in [0, 0.1) is 11.6 Å². The lowest BCUT2D eigenvalue weighted by Crippen LogP contribution is -2.15. The zero-order valence-corrected chi connectivity index (χ0v) is 12.0. The Kier molecular flexibility index (Phi) is 4.13. The second kappa shape index (κ2) is 5.69. The minimum Gasteiger partial charge on any atom is -0.399 e. The van der Waals surface area contributed by atoms with Gasteiger partial charge in [-0.1, -0.05) is 13.0 Å². The van der Waals surface area contributed by atoms with Gasteiger partial charge in [-0.25, -0.2) is 17.2 Å². The van der Waals surface area contributed by atoms with Gasteiger partial charge >= 0.3 is 0 Å². The van der Waals surface area contributed by atoms with Gasteiger partial charge in [0.25, 0.3) is 10.0 Å². The lowest BCUT2D eigenvalue weighted by atomic mass is 10.1. The molecule has 21 heavy (non-hydrogen) atoms. The highest BCUT2D eigenvalue weighted by molar-refractivity contribution is 7.92. The molecule has 0 saturated carbocycles. The molecular weight excluding hydrogens is 298 g/mol. The van der Waals surface area contributed by atoms with Crippen LogP contribution in [0.1, 0.15) is 12.5 Å². The topological polar surface area (TPSA) is 72.2 Å².